The third-order valence-corrected chi connectivity index (χ3v) is 2.78. The highest BCUT2D eigenvalue weighted by Crippen LogP contribution is 2.33. The van der Waals surface area contributed by atoms with Crippen molar-refractivity contribution in [1.29, 1.82) is 0 Å². The first-order valence-electron chi connectivity index (χ1n) is 6.32. The molecule has 0 fully saturated rings. The van der Waals surface area contributed by atoms with Gasteiger partial charge in [-0.05, 0) is 24.7 Å². The summed E-state index contributed by atoms with van der Waals surface area (Å²) >= 11 is 0. The van der Waals surface area contributed by atoms with Gasteiger partial charge in [-0.3, -0.25) is 4.79 Å². The Bertz CT molecular complexity index is 118. The zero-order chi connectivity index (χ0) is 12.9. The van der Waals surface area contributed by atoms with Crippen molar-refractivity contribution < 1.29 is 9.90 Å². The smallest absolute Gasteiger partial charge is 0.303 e. The molecule has 0 bridgehead atoms. The molecule has 0 aromatic heterocycles. The first kappa shape index (κ1) is 20.0. The van der Waals surface area contributed by atoms with Gasteiger partial charge >= 0.3 is 5.97 Å². The number of hydrogen-bond acceptors (Lipinski definition) is 1. The molecule has 0 aliphatic carbocycles. The van der Waals surface area contributed by atoms with E-state index in [1.165, 1.54) is 0 Å². The fourth-order valence-electron chi connectivity index (χ4n) is 1.45. The molecule has 0 atom stereocenters. The van der Waals surface area contributed by atoms with Crippen LogP contribution >= 0.6 is 0 Å². The van der Waals surface area contributed by atoms with E-state index in [4.69, 9.17) is 5.11 Å². The van der Waals surface area contributed by atoms with Crippen molar-refractivity contribution in [2.24, 2.45) is 5.41 Å². The maximum atomic E-state index is 10.5. The van der Waals surface area contributed by atoms with Crippen molar-refractivity contribution in [3.63, 3.8) is 0 Å². The van der Waals surface area contributed by atoms with Crippen LogP contribution < -0.4 is 0 Å². The molecule has 0 rings (SSSR count). The van der Waals surface area contributed by atoms with E-state index in [-0.39, 0.29) is 5.41 Å². The third kappa shape index (κ3) is 9.77. The minimum atomic E-state index is -0.671. The molecule has 0 saturated carbocycles. The molecule has 94 valence electrons. The molecule has 0 amide bonds. The number of carboxylic acids is 1. The van der Waals surface area contributed by atoms with Crippen LogP contribution in [0.15, 0.2) is 0 Å². The van der Waals surface area contributed by atoms with Crippen molar-refractivity contribution in [3.8, 4) is 0 Å². The number of hydrogen-bond donors (Lipinski definition) is 1. The van der Waals surface area contributed by atoms with Crippen molar-refractivity contribution in [3.05, 3.63) is 0 Å². The third-order valence-electron chi connectivity index (χ3n) is 2.78. The van der Waals surface area contributed by atoms with Crippen molar-refractivity contribution >= 4 is 5.97 Å². The van der Waals surface area contributed by atoms with E-state index in [1.54, 1.807) is 0 Å². The quantitative estimate of drug-likeness (QED) is 0.724. The van der Waals surface area contributed by atoms with Crippen molar-refractivity contribution in [1.82, 2.24) is 0 Å². The molecule has 0 radical (unpaired) electrons. The van der Waals surface area contributed by atoms with Gasteiger partial charge in [0.1, 0.15) is 0 Å². The highest BCUT2D eigenvalue weighted by Gasteiger charge is 2.26. The van der Waals surface area contributed by atoms with Crippen LogP contribution in [-0.4, -0.2) is 11.1 Å². The summed E-state index contributed by atoms with van der Waals surface area (Å²) in [5.41, 5.74) is 0.0475. The Hall–Kier alpha value is -0.530. The standard InChI is InChI=1S/C9H18O2.2C2H6/c1-4-9(5-2,6-3)7-8(10)11;2*1-2/h4-7H2,1-3H3,(H,10,11);2*1-2H3. The average Bonchev–Trinajstić information content (AvgIpc) is 2.31. The fraction of sp³-hybridized carbons (Fsp3) is 0.923. The van der Waals surface area contributed by atoms with Crippen LogP contribution in [0.4, 0.5) is 0 Å². The Balaban J connectivity index is -0.000000318. The maximum absolute atomic E-state index is 10.5. The number of rotatable bonds is 5. The number of carboxylic acid groups (broad SMARTS) is 1. The monoisotopic (exact) mass is 218 g/mol. The normalized spacial score (nSPS) is 9.27. The Morgan fingerprint density at radius 2 is 1.20 bits per heavy atom. The second kappa shape index (κ2) is 13.5. The molecule has 0 heterocycles. The highest BCUT2D eigenvalue weighted by molar-refractivity contribution is 5.67. The van der Waals surface area contributed by atoms with Gasteiger partial charge in [-0.2, -0.15) is 0 Å². The molecule has 2 nitrogen and oxygen atoms in total. The van der Waals surface area contributed by atoms with E-state index in [0.717, 1.165) is 19.3 Å². The van der Waals surface area contributed by atoms with Gasteiger partial charge in [-0.15, -0.1) is 0 Å². The lowest BCUT2D eigenvalue weighted by Crippen LogP contribution is -2.21. The summed E-state index contributed by atoms with van der Waals surface area (Å²) in [6.45, 7) is 14.2. The van der Waals surface area contributed by atoms with Gasteiger partial charge in [-0.25, -0.2) is 0 Å². The molecule has 2 heteroatoms. The van der Waals surface area contributed by atoms with E-state index in [9.17, 15) is 4.79 Å². The van der Waals surface area contributed by atoms with Gasteiger partial charge in [-0.1, -0.05) is 48.5 Å². The second-order valence-electron chi connectivity index (χ2n) is 3.13. The Morgan fingerprint density at radius 1 is 0.933 bits per heavy atom. The van der Waals surface area contributed by atoms with Crippen LogP contribution in [0.25, 0.3) is 0 Å². The molecule has 0 aromatic carbocycles. The fourth-order valence-corrected chi connectivity index (χ4v) is 1.45. The van der Waals surface area contributed by atoms with Gasteiger partial charge < -0.3 is 5.11 Å². The zero-order valence-corrected chi connectivity index (χ0v) is 11.7. The Labute approximate surface area is 96.1 Å². The predicted octanol–water partition coefficient (Wildman–Crippen LogP) is 4.73. The van der Waals surface area contributed by atoms with Crippen molar-refractivity contribution in [2.75, 3.05) is 0 Å². The SMILES string of the molecule is CC.CC.CCC(CC)(CC)CC(=O)O. The topological polar surface area (TPSA) is 37.3 Å². The lowest BCUT2D eigenvalue weighted by atomic mass is 9.77. The van der Waals surface area contributed by atoms with Gasteiger partial charge in [0.15, 0.2) is 0 Å². The Kier molecular flexibility index (Phi) is 17.9. The van der Waals surface area contributed by atoms with E-state index in [1.807, 2.05) is 27.7 Å². The van der Waals surface area contributed by atoms with E-state index >= 15 is 0 Å². The molecule has 0 saturated heterocycles. The van der Waals surface area contributed by atoms with Crippen LogP contribution in [0.2, 0.25) is 0 Å². The first-order chi connectivity index (χ1) is 7.10. The van der Waals surface area contributed by atoms with Crippen LogP contribution in [0.5, 0.6) is 0 Å². The predicted molar refractivity (Wildman–Crippen MR) is 68.3 cm³/mol. The van der Waals surface area contributed by atoms with Crippen LogP contribution in [-0.2, 0) is 4.79 Å². The zero-order valence-electron chi connectivity index (χ0n) is 11.7. The van der Waals surface area contributed by atoms with E-state index in [0.29, 0.717) is 6.42 Å². The molecule has 1 N–H and O–H groups in total. The van der Waals surface area contributed by atoms with Gasteiger partial charge in [0.25, 0.3) is 0 Å². The maximum Gasteiger partial charge on any atom is 0.303 e. The molecule has 0 aromatic rings. The molecule has 0 aliphatic heterocycles. The summed E-state index contributed by atoms with van der Waals surface area (Å²) in [7, 11) is 0. The van der Waals surface area contributed by atoms with E-state index in [2.05, 4.69) is 20.8 Å². The largest absolute Gasteiger partial charge is 0.481 e. The lowest BCUT2D eigenvalue weighted by Gasteiger charge is -2.28. The summed E-state index contributed by atoms with van der Waals surface area (Å²) in [5.74, 6) is -0.671. The molecular weight excluding hydrogens is 188 g/mol. The van der Waals surface area contributed by atoms with Gasteiger partial charge in [0.2, 0.25) is 0 Å². The molecular formula is C13H30O2. The Morgan fingerprint density at radius 3 is 1.27 bits per heavy atom. The summed E-state index contributed by atoms with van der Waals surface area (Å²) in [6.07, 6.45) is 3.21. The summed E-state index contributed by atoms with van der Waals surface area (Å²) in [6, 6.07) is 0. The minimum Gasteiger partial charge on any atom is -0.481 e. The van der Waals surface area contributed by atoms with Gasteiger partial charge in [0.05, 0.1) is 6.42 Å². The molecule has 15 heavy (non-hydrogen) atoms. The summed E-state index contributed by atoms with van der Waals surface area (Å²) < 4.78 is 0. The lowest BCUT2D eigenvalue weighted by molar-refractivity contribution is -0.140. The first-order valence-corrected chi connectivity index (χ1v) is 6.32. The second-order valence-corrected chi connectivity index (χ2v) is 3.13. The molecule has 0 unspecified atom stereocenters. The average molecular weight is 218 g/mol. The summed E-state index contributed by atoms with van der Waals surface area (Å²) in [4.78, 5) is 10.5. The van der Waals surface area contributed by atoms with Gasteiger partial charge in [0, 0.05) is 0 Å². The van der Waals surface area contributed by atoms with Crippen LogP contribution in [0, 0.1) is 5.41 Å². The number of carbonyl (C=O) groups is 1. The minimum absolute atomic E-state index is 0.0475. The summed E-state index contributed by atoms with van der Waals surface area (Å²) in [5, 5.41) is 8.64. The number of aliphatic carboxylic acids is 1. The van der Waals surface area contributed by atoms with Crippen LogP contribution in [0.1, 0.15) is 74.1 Å². The highest BCUT2D eigenvalue weighted by atomic mass is 16.4. The molecule has 0 aliphatic rings. The van der Waals surface area contributed by atoms with Crippen LogP contribution in [0.3, 0.4) is 0 Å². The van der Waals surface area contributed by atoms with Crippen molar-refractivity contribution in [2.45, 2.75) is 74.1 Å². The molecule has 0 spiro atoms. The van der Waals surface area contributed by atoms with E-state index < -0.39 is 5.97 Å².